The van der Waals surface area contributed by atoms with Crippen LogP contribution in [0.2, 0.25) is 0 Å². The van der Waals surface area contributed by atoms with Gasteiger partial charge in [-0.05, 0) is 183 Å². The summed E-state index contributed by atoms with van der Waals surface area (Å²) in [7, 11) is 0. The normalized spacial score (nSPS) is 29.6. The lowest BCUT2D eigenvalue weighted by molar-refractivity contribution is -0.235. The van der Waals surface area contributed by atoms with E-state index in [0.717, 1.165) is 23.7 Å². The number of hydrogen-bond donors (Lipinski definition) is 0. The molecule has 2 heteroatoms. The molecule has 0 aromatic heterocycles. The van der Waals surface area contributed by atoms with Crippen molar-refractivity contribution in [2.75, 3.05) is 4.90 Å². The molecule has 0 amide bonds. The molecule has 59 heavy (non-hydrogen) atoms. The smallest absolute Gasteiger partial charge is 0.0465 e. The molecule has 7 aliphatic rings. The van der Waals surface area contributed by atoms with Gasteiger partial charge in [-0.3, -0.25) is 0 Å². The van der Waals surface area contributed by atoms with E-state index < -0.39 is 0 Å². The predicted octanol–water partition coefficient (Wildman–Crippen LogP) is 15.3. The molecule has 13 rings (SSSR count). The van der Waals surface area contributed by atoms with E-state index in [1.165, 1.54) is 110 Å². The quantitative estimate of drug-likeness (QED) is 0.175. The summed E-state index contributed by atoms with van der Waals surface area (Å²) in [4.78, 5) is 5.61. The molecule has 1 nitrogen and oxygen atoms in total. The standard InChI is InChI=1S/C57H55NS/c1-53(2)24-25-54(3,4)47-31-39(18-22-44(47)53)58(38-17-20-42-41-14-10-11-15-43(41)55(5,6)46(42)30-38)40-19-23-49-48(32-40)57(51-27-34-26-37-29-52(57)56(37,51)33-34)45-21-16-36(28-50(45)59-49)35-12-8-7-9-13-35/h7-23,28,30-32,34,37,51-52H,24-27,29,33H2,1-6H3. The predicted molar refractivity (Wildman–Crippen MR) is 246 cm³/mol. The molecule has 2 spiro atoms. The number of rotatable bonds is 4. The van der Waals surface area contributed by atoms with Crippen molar-refractivity contribution >= 4 is 28.8 Å². The lowest BCUT2D eigenvalue weighted by atomic mass is 9.26. The number of nitrogens with zero attached hydrogens (tertiary/aromatic N) is 1. The number of anilines is 3. The third kappa shape index (κ3) is 4.35. The molecule has 6 unspecified atom stereocenters. The van der Waals surface area contributed by atoms with E-state index in [2.05, 4.69) is 174 Å². The Labute approximate surface area is 355 Å². The fraction of sp³-hybridized carbons (Fsp3) is 0.368. The van der Waals surface area contributed by atoms with Gasteiger partial charge in [-0.25, -0.2) is 0 Å². The Morgan fingerprint density at radius 2 is 1.14 bits per heavy atom. The third-order valence-corrected chi connectivity index (χ3v) is 19.0. The van der Waals surface area contributed by atoms with Gasteiger partial charge in [-0.15, -0.1) is 0 Å². The molecule has 6 aromatic carbocycles. The Kier molecular flexibility index (Phi) is 6.83. The summed E-state index contributed by atoms with van der Waals surface area (Å²) in [6, 6.07) is 50.3. The maximum atomic E-state index is 2.70. The molecule has 0 radical (unpaired) electrons. The molecular weight excluding hydrogens is 731 g/mol. The molecule has 294 valence electrons. The van der Waals surface area contributed by atoms with Gasteiger partial charge in [0.2, 0.25) is 0 Å². The summed E-state index contributed by atoms with van der Waals surface area (Å²) in [5, 5.41) is 0. The monoisotopic (exact) mass is 785 g/mol. The first-order valence-corrected chi connectivity index (χ1v) is 23.4. The maximum Gasteiger partial charge on any atom is 0.0465 e. The van der Waals surface area contributed by atoms with Crippen LogP contribution in [0.5, 0.6) is 0 Å². The summed E-state index contributed by atoms with van der Waals surface area (Å²) < 4.78 is 0. The Balaban J connectivity index is 1.02. The average Bonchev–Trinajstić information content (AvgIpc) is 3.85. The molecule has 4 saturated carbocycles. The molecule has 4 fully saturated rings. The first-order valence-electron chi connectivity index (χ1n) is 22.6. The average molecular weight is 786 g/mol. The van der Waals surface area contributed by atoms with Crippen molar-refractivity contribution in [2.45, 2.75) is 112 Å². The van der Waals surface area contributed by atoms with Crippen LogP contribution in [0.4, 0.5) is 17.1 Å². The first kappa shape index (κ1) is 35.2. The van der Waals surface area contributed by atoms with Crippen molar-refractivity contribution < 1.29 is 0 Å². The first-order chi connectivity index (χ1) is 28.4. The summed E-state index contributed by atoms with van der Waals surface area (Å²) in [5.74, 6) is 3.36. The zero-order valence-corrected chi connectivity index (χ0v) is 36.3. The van der Waals surface area contributed by atoms with Gasteiger partial charge < -0.3 is 4.90 Å². The largest absolute Gasteiger partial charge is 0.310 e. The van der Waals surface area contributed by atoms with E-state index in [9.17, 15) is 0 Å². The Hall–Kier alpha value is -4.53. The van der Waals surface area contributed by atoms with E-state index >= 15 is 0 Å². The molecule has 6 aromatic rings. The Morgan fingerprint density at radius 1 is 0.492 bits per heavy atom. The second kappa shape index (κ2) is 11.4. The lowest BCUT2D eigenvalue weighted by Gasteiger charge is -2.78. The van der Waals surface area contributed by atoms with Gasteiger partial charge in [-0.2, -0.15) is 0 Å². The van der Waals surface area contributed by atoms with Gasteiger partial charge in [0.15, 0.2) is 0 Å². The van der Waals surface area contributed by atoms with Crippen molar-refractivity contribution in [3.8, 4) is 22.3 Å². The second-order valence-corrected chi connectivity index (χ2v) is 22.7. The maximum absolute atomic E-state index is 2.70. The Morgan fingerprint density at radius 3 is 1.93 bits per heavy atom. The Bertz CT molecular complexity index is 2790. The van der Waals surface area contributed by atoms with Gasteiger partial charge in [0.25, 0.3) is 0 Å². The van der Waals surface area contributed by atoms with Crippen molar-refractivity contribution in [1.82, 2.24) is 0 Å². The molecule has 0 N–H and O–H groups in total. The molecule has 6 atom stereocenters. The third-order valence-electron chi connectivity index (χ3n) is 17.8. The fourth-order valence-corrected chi connectivity index (χ4v) is 16.3. The van der Waals surface area contributed by atoms with Crippen LogP contribution >= 0.6 is 11.8 Å². The molecule has 1 aliphatic heterocycles. The van der Waals surface area contributed by atoms with Gasteiger partial charge in [0.05, 0.1) is 0 Å². The van der Waals surface area contributed by atoms with Crippen molar-refractivity contribution in [3.05, 3.63) is 161 Å². The number of hydrogen-bond acceptors (Lipinski definition) is 2. The van der Waals surface area contributed by atoms with E-state index in [4.69, 9.17) is 0 Å². The minimum Gasteiger partial charge on any atom is -0.310 e. The molecule has 1 heterocycles. The highest BCUT2D eigenvalue weighted by Gasteiger charge is 2.84. The highest BCUT2D eigenvalue weighted by atomic mass is 32.2. The van der Waals surface area contributed by atoms with Crippen molar-refractivity contribution in [1.29, 1.82) is 0 Å². The topological polar surface area (TPSA) is 3.24 Å². The lowest BCUT2D eigenvalue weighted by Crippen LogP contribution is -2.74. The van der Waals surface area contributed by atoms with E-state index in [-0.39, 0.29) is 21.7 Å². The summed E-state index contributed by atoms with van der Waals surface area (Å²) in [5.41, 5.74) is 19.3. The van der Waals surface area contributed by atoms with Crippen LogP contribution in [0.3, 0.4) is 0 Å². The van der Waals surface area contributed by atoms with Gasteiger partial charge in [0, 0.05) is 37.7 Å². The van der Waals surface area contributed by atoms with Gasteiger partial charge in [0.1, 0.15) is 0 Å². The van der Waals surface area contributed by atoms with Crippen LogP contribution in [0.15, 0.2) is 137 Å². The fourth-order valence-electron chi connectivity index (χ4n) is 15.1. The minimum atomic E-state index is -0.0723. The summed E-state index contributed by atoms with van der Waals surface area (Å²) >= 11 is 2.03. The molecule has 0 saturated heterocycles. The van der Waals surface area contributed by atoms with Crippen LogP contribution in [0.1, 0.15) is 113 Å². The van der Waals surface area contributed by atoms with E-state index in [0.29, 0.717) is 5.41 Å². The highest BCUT2D eigenvalue weighted by Crippen LogP contribution is 2.89. The summed E-state index contributed by atoms with van der Waals surface area (Å²) in [6.07, 6.45) is 8.21. The van der Waals surface area contributed by atoms with Crippen molar-refractivity contribution in [3.63, 3.8) is 0 Å². The van der Waals surface area contributed by atoms with E-state index in [1.54, 1.807) is 11.1 Å². The second-order valence-electron chi connectivity index (χ2n) is 21.7. The van der Waals surface area contributed by atoms with Gasteiger partial charge in [-0.1, -0.05) is 132 Å². The minimum absolute atomic E-state index is 0.0723. The molecular formula is C57H55NS. The van der Waals surface area contributed by atoms with Crippen LogP contribution in [-0.4, -0.2) is 0 Å². The van der Waals surface area contributed by atoms with Crippen LogP contribution in [-0.2, 0) is 21.7 Å². The van der Waals surface area contributed by atoms with Gasteiger partial charge >= 0.3 is 0 Å². The summed E-state index contributed by atoms with van der Waals surface area (Å²) in [6.45, 7) is 14.7. The number of fused-ring (bicyclic) bond motifs is 11. The molecule has 6 aliphatic carbocycles. The highest BCUT2D eigenvalue weighted by molar-refractivity contribution is 7.99. The number of benzene rings is 6. The zero-order chi connectivity index (χ0) is 39.8. The zero-order valence-electron chi connectivity index (χ0n) is 35.5. The molecule has 2 bridgehead atoms. The van der Waals surface area contributed by atoms with Crippen LogP contribution < -0.4 is 4.90 Å². The van der Waals surface area contributed by atoms with Crippen molar-refractivity contribution in [2.24, 2.45) is 29.1 Å². The SMILES string of the molecule is CC1(C)CCC(C)(C)c2cc(N(c3ccc4c(c3)C(C)(C)c3ccccc3-4)c3ccc4c(c3)C3(c5ccc(-c6ccccc6)cc5S4)C4CC5CC6CC3C64C5)ccc21. The van der Waals surface area contributed by atoms with Crippen LogP contribution in [0, 0.1) is 29.1 Å². The van der Waals surface area contributed by atoms with Crippen LogP contribution in [0.25, 0.3) is 22.3 Å². The van der Waals surface area contributed by atoms with E-state index in [1.807, 2.05) is 11.8 Å².